The molecule has 106 valence electrons. The second-order valence-corrected chi connectivity index (χ2v) is 4.93. The van der Waals surface area contributed by atoms with E-state index in [1.165, 1.54) is 0 Å². The number of aliphatic hydroxyl groups excluding tert-OH is 1. The lowest BCUT2D eigenvalue weighted by molar-refractivity contribution is 0.222. The Labute approximate surface area is 123 Å². The number of fused-ring (bicyclic) bond motifs is 1. The van der Waals surface area contributed by atoms with Gasteiger partial charge in [0, 0.05) is 5.56 Å². The highest BCUT2D eigenvalue weighted by molar-refractivity contribution is 5.86. The van der Waals surface area contributed by atoms with Gasteiger partial charge in [-0.25, -0.2) is 0 Å². The van der Waals surface area contributed by atoms with E-state index >= 15 is 0 Å². The molecular formula is C18H17NO2. The van der Waals surface area contributed by atoms with Crippen LogP contribution in [0.25, 0.3) is 10.8 Å². The maximum atomic E-state index is 10.8. The van der Waals surface area contributed by atoms with E-state index in [2.05, 4.69) is 0 Å². The smallest absolute Gasteiger partial charge is 0.142 e. The van der Waals surface area contributed by atoms with Crippen LogP contribution in [0.4, 0.5) is 5.69 Å². The third-order valence-electron chi connectivity index (χ3n) is 3.73. The van der Waals surface area contributed by atoms with E-state index in [0.29, 0.717) is 17.0 Å². The van der Waals surface area contributed by atoms with Crippen LogP contribution in [0.2, 0.25) is 0 Å². The van der Waals surface area contributed by atoms with Crippen molar-refractivity contribution in [1.29, 1.82) is 0 Å². The Hall–Kier alpha value is -2.52. The zero-order valence-corrected chi connectivity index (χ0v) is 11.8. The summed E-state index contributed by atoms with van der Waals surface area (Å²) in [6.45, 7) is 0. The Balaban J connectivity index is 2.15. The highest BCUT2D eigenvalue weighted by Gasteiger charge is 2.17. The molecule has 1 unspecified atom stereocenters. The number of hydrogen-bond donors (Lipinski definition) is 2. The van der Waals surface area contributed by atoms with Gasteiger partial charge in [0.15, 0.2) is 0 Å². The fraction of sp³-hybridized carbons (Fsp3) is 0.111. The summed E-state index contributed by atoms with van der Waals surface area (Å²) in [6.07, 6.45) is -0.786. The van der Waals surface area contributed by atoms with Gasteiger partial charge in [0.1, 0.15) is 11.9 Å². The Morgan fingerprint density at radius 2 is 1.57 bits per heavy atom. The van der Waals surface area contributed by atoms with Crippen LogP contribution in [0.1, 0.15) is 17.2 Å². The summed E-state index contributed by atoms with van der Waals surface area (Å²) in [6, 6.07) is 19.3. The van der Waals surface area contributed by atoms with Gasteiger partial charge in [-0.15, -0.1) is 0 Å². The lowest BCUT2D eigenvalue weighted by Crippen LogP contribution is -2.05. The second-order valence-electron chi connectivity index (χ2n) is 4.93. The summed E-state index contributed by atoms with van der Waals surface area (Å²) in [5.41, 5.74) is 8.06. The van der Waals surface area contributed by atoms with E-state index in [4.69, 9.17) is 10.5 Å². The van der Waals surface area contributed by atoms with Crippen molar-refractivity contribution in [3.8, 4) is 5.75 Å². The first-order chi connectivity index (χ1) is 10.2. The minimum absolute atomic E-state index is 0.473. The zero-order chi connectivity index (χ0) is 14.8. The molecule has 1 atom stereocenters. The normalized spacial score (nSPS) is 12.3. The number of benzene rings is 3. The second kappa shape index (κ2) is 5.46. The van der Waals surface area contributed by atoms with E-state index in [0.717, 1.165) is 16.3 Å². The lowest BCUT2D eigenvalue weighted by Gasteiger charge is -2.17. The van der Waals surface area contributed by atoms with Gasteiger partial charge in [-0.05, 0) is 22.4 Å². The van der Waals surface area contributed by atoms with Crippen molar-refractivity contribution in [3.05, 3.63) is 71.8 Å². The van der Waals surface area contributed by atoms with Crippen molar-refractivity contribution in [2.75, 3.05) is 12.8 Å². The number of methoxy groups -OCH3 is 1. The molecule has 0 bridgehead atoms. The van der Waals surface area contributed by atoms with Crippen molar-refractivity contribution >= 4 is 16.5 Å². The van der Waals surface area contributed by atoms with E-state index in [1.807, 2.05) is 54.6 Å². The van der Waals surface area contributed by atoms with E-state index in [9.17, 15) is 5.11 Å². The molecule has 0 saturated heterocycles. The topological polar surface area (TPSA) is 55.5 Å². The Bertz CT molecular complexity index is 778. The fourth-order valence-electron chi connectivity index (χ4n) is 2.63. The van der Waals surface area contributed by atoms with Gasteiger partial charge in [-0.2, -0.15) is 0 Å². The molecule has 3 heteroatoms. The number of para-hydroxylation sites is 1. The molecule has 0 saturated carbocycles. The minimum Gasteiger partial charge on any atom is -0.495 e. The number of hydrogen-bond acceptors (Lipinski definition) is 3. The van der Waals surface area contributed by atoms with Crippen LogP contribution < -0.4 is 10.5 Å². The van der Waals surface area contributed by atoms with Crippen molar-refractivity contribution < 1.29 is 9.84 Å². The summed E-state index contributed by atoms with van der Waals surface area (Å²) < 4.78 is 5.22. The molecule has 0 aliphatic rings. The van der Waals surface area contributed by atoms with Crippen LogP contribution in [-0.2, 0) is 0 Å². The lowest BCUT2D eigenvalue weighted by atomic mass is 9.95. The number of anilines is 1. The molecule has 0 radical (unpaired) electrons. The highest BCUT2D eigenvalue weighted by atomic mass is 16.5. The van der Waals surface area contributed by atoms with Crippen molar-refractivity contribution in [3.63, 3.8) is 0 Å². The van der Waals surface area contributed by atoms with Gasteiger partial charge in [0.05, 0.1) is 12.8 Å². The Morgan fingerprint density at radius 1 is 0.905 bits per heavy atom. The summed E-state index contributed by atoms with van der Waals surface area (Å²) in [7, 11) is 1.57. The number of aliphatic hydroxyl groups is 1. The predicted octanol–water partition coefficient (Wildman–Crippen LogP) is 3.51. The third kappa shape index (κ3) is 2.32. The van der Waals surface area contributed by atoms with E-state index < -0.39 is 6.10 Å². The molecule has 21 heavy (non-hydrogen) atoms. The third-order valence-corrected chi connectivity index (χ3v) is 3.73. The molecule has 0 aliphatic heterocycles. The molecule has 3 nitrogen and oxygen atoms in total. The molecule has 0 fully saturated rings. The molecule has 0 spiro atoms. The maximum absolute atomic E-state index is 10.8. The SMILES string of the molecule is COc1cccc(C(O)c2cccc3ccccc23)c1N. The average Bonchev–Trinajstić information content (AvgIpc) is 2.54. The van der Waals surface area contributed by atoms with Crippen molar-refractivity contribution in [1.82, 2.24) is 0 Å². The monoisotopic (exact) mass is 279 g/mol. The highest BCUT2D eigenvalue weighted by Crippen LogP contribution is 2.35. The molecule has 3 rings (SSSR count). The maximum Gasteiger partial charge on any atom is 0.142 e. The molecular weight excluding hydrogens is 262 g/mol. The van der Waals surface area contributed by atoms with E-state index in [-0.39, 0.29) is 0 Å². The molecule has 0 aliphatic carbocycles. The van der Waals surface area contributed by atoms with Gasteiger partial charge in [0.2, 0.25) is 0 Å². The number of ether oxygens (including phenoxy) is 1. The number of nitrogens with two attached hydrogens (primary N) is 1. The number of nitrogen functional groups attached to an aromatic ring is 1. The van der Waals surface area contributed by atoms with Crippen LogP contribution in [0.5, 0.6) is 5.75 Å². The van der Waals surface area contributed by atoms with Crippen LogP contribution in [0, 0.1) is 0 Å². The number of rotatable bonds is 3. The molecule has 0 amide bonds. The van der Waals surface area contributed by atoms with Crippen molar-refractivity contribution in [2.45, 2.75) is 6.10 Å². The van der Waals surface area contributed by atoms with Crippen LogP contribution in [0.15, 0.2) is 60.7 Å². The Morgan fingerprint density at radius 3 is 2.38 bits per heavy atom. The summed E-state index contributed by atoms with van der Waals surface area (Å²) in [4.78, 5) is 0. The van der Waals surface area contributed by atoms with Gasteiger partial charge in [-0.3, -0.25) is 0 Å². The zero-order valence-electron chi connectivity index (χ0n) is 11.8. The molecule has 3 aromatic rings. The predicted molar refractivity (Wildman–Crippen MR) is 85.4 cm³/mol. The van der Waals surface area contributed by atoms with E-state index in [1.54, 1.807) is 13.2 Å². The Kier molecular flexibility index (Phi) is 3.50. The first kappa shape index (κ1) is 13.5. The first-order valence-electron chi connectivity index (χ1n) is 6.80. The van der Waals surface area contributed by atoms with Gasteiger partial charge in [0.25, 0.3) is 0 Å². The summed E-state index contributed by atoms with van der Waals surface area (Å²) in [5.74, 6) is 0.576. The van der Waals surface area contributed by atoms with Gasteiger partial charge < -0.3 is 15.6 Å². The molecule has 3 N–H and O–H groups in total. The van der Waals surface area contributed by atoms with Crippen LogP contribution >= 0.6 is 0 Å². The minimum atomic E-state index is -0.786. The standard InChI is InChI=1S/C18H17NO2/c1-21-16-11-5-10-15(17(16)19)18(20)14-9-4-7-12-6-2-3-8-13(12)14/h2-11,18,20H,19H2,1H3. The summed E-state index contributed by atoms with van der Waals surface area (Å²) in [5, 5.41) is 12.9. The van der Waals surface area contributed by atoms with Crippen molar-refractivity contribution in [2.24, 2.45) is 0 Å². The van der Waals surface area contributed by atoms with Gasteiger partial charge in [-0.1, -0.05) is 54.6 Å². The average molecular weight is 279 g/mol. The van der Waals surface area contributed by atoms with Crippen LogP contribution in [0.3, 0.4) is 0 Å². The quantitative estimate of drug-likeness (QED) is 0.721. The first-order valence-corrected chi connectivity index (χ1v) is 6.80. The fourth-order valence-corrected chi connectivity index (χ4v) is 2.63. The largest absolute Gasteiger partial charge is 0.495 e. The summed E-state index contributed by atoms with van der Waals surface area (Å²) >= 11 is 0. The van der Waals surface area contributed by atoms with Gasteiger partial charge >= 0.3 is 0 Å². The van der Waals surface area contributed by atoms with Crippen LogP contribution in [-0.4, -0.2) is 12.2 Å². The molecule has 0 aromatic heterocycles. The molecule has 3 aromatic carbocycles. The molecule has 0 heterocycles.